The van der Waals surface area contributed by atoms with Crippen LogP contribution in [0.1, 0.15) is 31.4 Å². The lowest BCUT2D eigenvalue weighted by Crippen LogP contribution is -2.20. The molecule has 0 bridgehead atoms. The van der Waals surface area contributed by atoms with Gasteiger partial charge in [0.25, 0.3) is 0 Å². The highest BCUT2D eigenvalue weighted by atomic mass is 16.5. The Morgan fingerprint density at radius 2 is 2.24 bits per heavy atom. The molecule has 0 aliphatic heterocycles. The van der Waals surface area contributed by atoms with Crippen LogP contribution in [0.2, 0.25) is 0 Å². The molecular weight excluding hydrogens is 210 g/mol. The van der Waals surface area contributed by atoms with E-state index >= 15 is 0 Å². The summed E-state index contributed by atoms with van der Waals surface area (Å²) in [6, 6.07) is 6.50. The fraction of sp³-hybridized carbons (Fsp3) is 0.600. The molecule has 1 aromatic carbocycles. The van der Waals surface area contributed by atoms with Crippen molar-refractivity contribution in [2.45, 2.75) is 32.6 Å². The van der Waals surface area contributed by atoms with Crippen molar-refractivity contribution in [2.24, 2.45) is 5.92 Å². The van der Waals surface area contributed by atoms with Gasteiger partial charge >= 0.3 is 0 Å². The Bertz CT molecular complexity index is 402. The van der Waals surface area contributed by atoms with Crippen LogP contribution in [0.5, 0.6) is 5.75 Å². The monoisotopic (exact) mass is 233 g/mol. The average Bonchev–Trinajstić information content (AvgIpc) is 2.99. The minimum Gasteiger partial charge on any atom is -0.496 e. The number of rotatable bonds is 5. The molecule has 1 aliphatic carbocycles. The largest absolute Gasteiger partial charge is 0.496 e. The molecule has 2 rings (SSSR count). The average molecular weight is 233 g/mol. The van der Waals surface area contributed by atoms with Gasteiger partial charge in [0.1, 0.15) is 5.75 Å². The van der Waals surface area contributed by atoms with Gasteiger partial charge in [-0.15, -0.1) is 0 Å². The lowest BCUT2D eigenvalue weighted by molar-refractivity contribution is 0.403. The van der Waals surface area contributed by atoms with Crippen molar-refractivity contribution in [1.82, 2.24) is 5.32 Å². The minimum absolute atomic E-state index is 0.305. The molecule has 1 N–H and O–H groups in total. The van der Waals surface area contributed by atoms with Gasteiger partial charge in [0, 0.05) is 11.0 Å². The summed E-state index contributed by atoms with van der Waals surface area (Å²) in [6.45, 7) is 8.83. The predicted octanol–water partition coefficient (Wildman–Crippen LogP) is 2.89. The number of ether oxygens (including phenoxy) is 1. The Morgan fingerprint density at radius 1 is 1.47 bits per heavy atom. The fourth-order valence-electron chi connectivity index (χ4n) is 2.67. The Kier molecular flexibility index (Phi) is 3.43. The highest BCUT2D eigenvalue weighted by Crippen LogP contribution is 2.56. The summed E-state index contributed by atoms with van der Waals surface area (Å²) in [5.41, 5.74) is 3.00. The van der Waals surface area contributed by atoms with E-state index in [2.05, 4.69) is 44.3 Å². The SMILES string of the molecule is CCNCC1CC1(C)c1cc(C)ccc1OC. The molecule has 0 heterocycles. The fourth-order valence-corrected chi connectivity index (χ4v) is 2.67. The third-order valence-electron chi connectivity index (χ3n) is 4.02. The molecule has 2 unspecified atom stereocenters. The first-order chi connectivity index (χ1) is 8.11. The van der Waals surface area contributed by atoms with E-state index in [9.17, 15) is 0 Å². The topological polar surface area (TPSA) is 21.3 Å². The molecule has 2 atom stereocenters. The Labute approximate surface area is 104 Å². The van der Waals surface area contributed by atoms with Gasteiger partial charge in [0.05, 0.1) is 7.11 Å². The van der Waals surface area contributed by atoms with Crippen LogP contribution >= 0.6 is 0 Å². The molecule has 1 aromatic rings. The number of hydrogen-bond acceptors (Lipinski definition) is 2. The van der Waals surface area contributed by atoms with Gasteiger partial charge in [-0.2, -0.15) is 0 Å². The van der Waals surface area contributed by atoms with Crippen LogP contribution in [-0.2, 0) is 5.41 Å². The zero-order valence-electron chi connectivity index (χ0n) is 11.3. The van der Waals surface area contributed by atoms with Crippen LogP contribution < -0.4 is 10.1 Å². The summed E-state index contributed by atoms with van der Waals surface area (Å²) in [6.07, 6.45) is 1.26. The highest BCUT2D eigenvalue weighted by Gasteiger charge is 2.51. The molecule has 17 heavy (non-hydrogen) atoms. The van der Waals surface area contributed by atoms with E-state index in [1.807, 2.05) is 0 Å². The normalized spacial score (nSPS) is 26.9. The second kappa shape index (κ2) is 4.69. The van der Waals surface area contributed by atoms with E-state index in [1.54, 1.807) is 7.11 Å². The van der Waals surface area contributed by atoms with Crippen molar-refractivity contribution in [3.63, 3.8) is 0 Å². The lowest BCUT2D eigenvalue weighted by Gasteiger charge is -2.17. The smallest absolute Gasteiger partial charge is 0.122 e. The molecule has 0 saturated heterocycles. The second-order valence-corrected chi connectivity index (χ2v) is 5.33. The van der Waals surface area contributed by atoms with Crippen LogP contribution in [0.15, 0.2) is 18.2 Å². The number of aryl methyl sites for hydroxylation is 1. The van der Waals surface area contributed by atoms with Crippen LogP contribution in [0.25, 0.3) is 0 Å². The van der Waals surface area contributed by atoms with E-state index in [-0.39, 0.29) is 0 Å². The number of hydrogen-bond donors (Lipinski definition) is 1. The maximum atomic E-state index is 5.50. The molecular formula is C15H23NO. The van der Waals surface area contributed by atoms with E-state index in [0.717, 1.165) is 24.8 Å². The second-order valence-electron chi connectivity index (χ2n) is 5.33. The Hall–Kier alpha value is -1.02. The predicted molar refractivity (Wildman–Crippen MR) is 71.7 cm³/mol. The molecule has 1 aliphatic rings. The molecule has 0 aromatic heterocycles. The van der Waals surface area contributed by atoms with Crippen LogP contribution in [0.4, 0.5) is 0 Å². The van der Waals surface area contributed by atoms with Gasteiger partial charge in [-0.1, -0.05) is 31.5 Å². The zero-order valence-corrected chi connectivity index (χ0v) is 11.3. The van der Waals surface area contributed by atoms with E-state index < -0.39 is 0 Å². The van der Waals surface area contributed by atoms with Gasteiger partial charge in [-0.05, 0) is 38.4 Å². The number of benzene rings is 1. The Balaban J connectivity index is 2.20. The van der Waals surface area contributed by atoms with Crippen molar-refractivity contribution >= 4 is 0 Å². The van der Waals surface area contributed by atoms with Crippen LogP contribution in [0.3, 0.4) is 0 Å². The van der Waals surface area contributed by atoms with E-state index in [4.69, 9.17) is 4.74 Å². The first kappa shape index (κ1) is 12.4. The summed E-state index contributed by atoms with van der Waals surface area (Å²) in [5, 5.41) is 3.45. The van der Waals surface area contributed by atoms with Gasteiger partial charge < -0.3 is 10.1 Å². The maximum Gasteiger partial charge on any atom is 0.122 e. The Morgan fingerprint density at radius 3 is 2.88 bits per heavy atom. The van der Waals surface area contributed by atoms with Gasteiger partial charge in [0.15, 0.2) is 0 Å². The van der Waals surface area contributed by atoms with Crippen molar-refractivity contribution in [3.8, 4) is 5.75 Å². The molecule has 0 amide bonds. The molecule has 2 heteroatoms. The number of methoxy groups -OCH3 is 1. The van der Waals surface area contributed by atoms with Crippen LogP contribution in [0, 0.1) is 12.8 Å². The van der Waals surface area contributed by atoms with E-state index in [1.165, 1.54) is 17.5 Å². The summed E-state index contributed by atoms with van der Waals surface area (Å²) >= 11 is 0. The van der Waals surface area contributed by atoms with Crippen molar-refractivity contribution in [3.05, 3.63) is 29.3 Å². The molecule has 1 fully saturated rings. The molecule has 0 spiro atoms. The standard InChI is InChI=1S/C15H23NO/c1-5-16-10-12-9-15(12,3)13-8-11(2)6-7-14(13)17-4/h6-8,12,16H,5,9-10H2,1-4H3. The maximum absolute atomic E-state index is 5.50. The van der Waals surface area contributed by atoms with Crippen molar-refractivity contribution < 1.29 is 4.74 Å². The van der Waals surface area contributed by atoms with E-state index in [0.29, 0.717) is 5.41 Å². The molecule has 1 saturated carbocycles. The van der Waals surface area contributed by atoms with Gasteiger partial charge in [-0.3, -0.25) is 0 Å². The van der Waals surface area contributed by atoms with Crippen molar-refractivity contribution in [1.29, 1.82) is 0 Å². The summed E-state index contributed by atoms with van der Waals surface area (Å²) < 4.78 is 5.50. The number of nitrogens with one attached hydrogen (secondary N) is 1. The summed E-state index contributed by atoms with van der Waals surface area (Å²) in [4.78, 5) is 0. The minimum atomic E-state index is 0.305. The van der Waals surface area contributed by atoms with Crippen LogP contribution in [-0.4, -0.2) is 20.2 Å². The summed E-state index contributed by atoms with van der Waals surface area (Å²) in [5.74, 6) is 1.79. The third kappa shape index (κ3) is 2.32. The first-order valence-corrected chi connectivity index (χ1v) is 6.47. The molecule has 94 valence electrons. The highest BCUT2D eigenvalue weighted by molar-refractivity contribution is 5.46. The summed E-state index contributed by atoms with van der Waals surface area (Å²) in [7, 11) is 1.76. The zero-order chi connectivity index (χ0) is 12.5. The first-order valence-electron chi connectivity index (χ1n) is 6.47. The van der Waals surface area contributed by atoms with Crippen molar-refractivity contribution in [2.75, 3.05) is 20.2 Å². The van der Waals surface area contributed by atoms with Gasteiger partial charge in [0.2, 0.25) is 0 Å². The third-order valence-corrected chi connectivity index (χ3v) is 4.02. The van der Waals surface area contributed by atoms with Gasteiger partial charge in [-0.25, -0.2) is 0 Å². The lowest BCUT2D eigenvalue weighted by atomic mass is 9.93. The quantitative estimate of drug-likeness (QED) is 0.844. The molecule has 0 radical (unpaired) electrons. The molecule has 2 nitrogen and oxygen atoms in total.